The average molecular weight is 287 g/mol. The summed E-state index contributed by atoms with van der Waals surface area (Å²) < 4.78 is 0. The molecule has 1 fully saturated rings. The molecule has 1 aromatic carbocycles. The molecule has 0 spiro atoms. The van der Waals surface area contributed by atoms with Gasteiger partial charge >= 0.3 is 0 Å². The second kappa shape index (κ2) is 5.79. The lowest BCUT2D eigenvalue weighted by Crippen LogP contribution is -2.58. The summed E-state index contributed by atoms with van der Waals surface area (Å²) in [4.78, 5) is 2.50. The number of piperazine rings is 1. The molecule has 1 aliphatic heterocycles. The fourth-order valence-electron chi connectivity index (χ4n) is 2.45. The zero-order valence-corrected chi connectivity index (χ0v) is 12.5. The van der Waals surface area contributed by atoms with Gasteiger partial charge in [0.2, 0.25) is 0 Å². The molecule has 100 valence electrons. The van der Waals surface area contributed by atoms with Gasteiger partial charge in [-0.1, -0.05) is 42.3 Å². The summed E-state index contributed by atoms with van der Waals surface area (Å²) in [6.45, 7) is 8.52. The van der Waals surface area contributed by atoms with E-state index in [0.29, 0.717) is 10.0 Å². The summed E-state index contributed by atoms with van der Waals surface area (Å²) in [5, 5.41) is 4.80. The predicted octanol–water partition coefficient (Wildman–Crippen LogP) is 3.57. The monoisotopic (exact) mass is 286 g/mol. The van der Waals surface area contributed by atoms with Crippen molar-refractivity contribution < 1.29 is 0 Å². The van der Waals surface area contributed by atoms with E-state index in [-0.39, 0.29) is 5.54 Å². The third kappa shape index (κ3) is 2.83. The highest BCUT2D eigenvalue weighted by molar-refractivity contribution is 6.42. The molecule has 1 saturated heterocycles. The van der Waals surface area contributed by atoms with Crippen molar-refractivity contribution in [3.8, 4) is 0 Å². The second-order valence-corrected chi connectivity index (χ2v) is 5.95. The minimum atomic E-state index is 0.198. The predicted molar refractivity (Wildman–Crippen MR) is 78.4 cm³/mol. The van der Waals surface area contributed by atoms with Gasteiger partial charge in [0.25, 0.3) is 0 Å². The van der Waals surface area contributed by atoms with E-state index in [1.54, 1.807) is 0 Å². The van der Waals surface area contributed by atoms with Crippen LogP contribution in [0.3, 0.4) is 0 Å². The SMILES string of the molecule is CCC1(C)CNCCN1Cc1cccc(Cl)c1Cl. The van der Waals surface area contributed by atoms with E-state index >= 15 is 0 Å². The maximum absolute atomic E-state index is 6.27. The van der Waals surface area contributed by atoms with Crippen LogP contribution >= 0.6 is 23.2 Å². The molecule has 2 rings (SSSR count). The van der Waals surface area contributed by atoms with Crippen molar-refractivity contribution in [3.63, 3.8) is 0 Å². The molecule has 0 saturated carbocycles. The molecule has 4 heteroatoms. The number of hydrogen-bond acceptors (Lipinski definition) is 2. The molecular weight excluding hydrogens is 267 g/mol. The molecule has 0 radical (unpaired) electrons. The molecule has 1 aromatic rings. The smallest absolute Gasteiger partial charge is 0.0637 e. The van der Waals surface area contributed by atoms with Gasteiger partial charge in [-0.2, -0.15) is 0 Å². The van der Waals surface area contributed by atoms with E-state index in [2.05, 4.69) is 30.1 Å². The lowest BCUT2D eigenvalue weighted by atomic mass is 9.93. The van der Waals surface area contributed by atoms with Gasteiger partial charge in [-0.05, 0) is 25.0 Å². The topological polar surface area (TPSA) is 15.3 Å². The number of benzene rings is 1. The zero-order valence-electron chi connectivity index (χ0n) is 11.0. The second-order valence-electron chi connectivity index (χ2n) is 5.16. The van der Waals surface area contributed by atoms with Gasteiger partial charge in [0.05, 0.1) is 10.0 Å². The van der Waals surface area contributed by atoms with Gasteiger partial charge in [0.1, 0.15) is 0 Å². The van der Waals surface area contributed by atoms with Crippen molar-refractivity contribution in [2.24, 2.45) is 0 Å². The van der Waals surface area contributed by atoms with E-state index in [1.807, 2.05) is 12.1 Å². The quantitative estimate of drug-likeness (QED) is 0.914. The van der Waals surface area contributed by atoms with E-state index in [9.17, 15) is 0 Å². The lowest BCUT2D eigenvalue weighted by Gasteiger charge is -2.45. The number of hydrogen-bond donors (Lipinski definition) is 1. The zero-order chi connectivity index (χ0) is 13.2. The Bertz CT molecular complexity index is 422. The molecule has 0 amide bonds. The minimum Gasteiger partial charge on any atom is -0.314 e. The van der Waals surface area contributed by atoms with Crippen molar-refractivity contribution in [1.29, 1.82) is 0 Å². The Morgan fingerprint density at radius 1 is 1.39 bits per heavy atom. The van der Waals surface area contributed by atoms with E-state index in [4.69, 9.17) is 23.2 Å². The van der Waals surface area contributed by atoms with Crippen LogP contribution < -0.4 is 5.32 Å². The van der Waals surface area contributed by atoms with Crippen LogP contribution in [-0.2, 0) is 6.54 Å². The maximum Gasteiger partial charge on any atom is 0.0637 e. The number of nitrogens with one attached hydrogen (secondary N) is 1. The van der Waals surface area contributed by atoms with Crippen molar-refractivity contribution in [2.75, 3.05) is 19.6 Å². The van der Waals surface area contributed by atoms with Crippen LogP contribution in [0.25, 0.3) is 0 Å². The summed E-state index contributed by atoms with van der Waals surface area (Å²) >= 11 is 12.3. The molecular formula is C14H20Cl2N2. The van der Waals surface area contributed by atoms with E-state index in [0.717, 1.165) is 38.2 Å². The Kier molecular flexibility index (Phi) is 4.54. The summed E-state index contributed by atoms with van der Waals surface area (Å²) in [7, 11) is 0. The first-order valence-electron chi connectivity index (χ1n) is 6.45. The lowest BCUT2D eigenvalue weighted by molar-refractivity contribution is 0.0638. The third-order valence-electron chi connectivity index (χ3n) is 3.98. The van der Waals surface area contributed by atoms with Crippen LogP contribution in [0, 0.1) is 0 Å². The average Bonchev–Trinajstić information content (AvgIpc) is 2.37. The van der Waals surface area contributed by atoms with Gasteiger partial charge in [-0.15, -0.1) is 0 Å². The van der Waals surface area contributed by atoms with Crippen molar-refractivity contribution in [2.45, 2.75) is 32.4 Å². The Labute approximate surface area is 119 Å². The van der Waals surface area contributed by atoms with Crippen molar-refractivity contribution in [3.05, 3.63) is 33.8 Å². The summed E-state index contributed by atoms with van der Waals surface area (Å²) in [5.74, 6) is 0. The molecule has 1 aliphatic rings. The maximum atomic E-state index is 6.27. The fourth-order valence-corrected chi connectivity index (χ4v) is 2.83. The normalized spacial score (nSPS) is 25.3. The van der Waals surface area contributed by atoms with Gasteiger partial charge in [0.15, 0.2) is 0 Å². The molecule has 0 bridgehead atoms. The van der Waals surface area contributed by atoms with E-state index in [1.165, 1.54) is 0 Å². The molecule has 0 aliphatic carbocycles. The highest BCUT2D eigenvalue weighted by Crippen LogP contribution is 2.29. The van der Waals surface area contributed by atoms with E-state index < -0.39 is 0 Å². The van der Waals surface area contributed by atoms with Gasteiger partial charge < -0.3 is 5.32 Å². The van der Waals surface area contributed by atoms with Crippen LogP contribution in [0.2, 0.25) is 10.0 Å². The van der Waals surface area contributed by atoms with Gasteiger partial charge in [0, 0.05) is 31.7 Å². The largest absolute Gasteiger partial charge is 0.314 e. The molecule has 18 heavy (non-hydrogen) atoms. The Morgan fingerprint density at radius 3 is 2.89 bits per heavy atom. The minimum absolute atomic E-state index is 0.198. The molecule has 1 unspecified atom stereocenters. The molecule has 1 heterocycles. The fraction of sp³-hybridized carbons (Fsp3) is 0.571. The highest BCUT2D eigenvalue weighted by Gasteiger charge is 2.32. The summed E-state index contributed by atoms with van der Waals surface area (Å²) in [6, 6.07) is 5.87. The van der Waals surface area contributed by atoms with Crippen LogP contribution in [0.4, 0.5) is 0 Å². The molecule has 2 nitrogen and oxygen atoms in total. The van der Waals surface area contributed by atoms with Crippen LogP contribution in [0.15, 0.2) is 18.2 Å². The Balaban J connectivity index is 2.19. The number of nitrogens with zero attached hydrogens (tertiary/aromatic N) is 1. The van der Waals surface area contributed by atoms with Crippen LogP contribution in [0.5, 0.6) is 0 Å². The summed E-state index contributed by atoms with van der Waals surface area (Å²) in [6.07, 6.45) is 1.12. The number of halogens is 2. The van der Waals surface area contributed by atoms with Crippen LogP contribution in [0.1, 0.15) is 25.8 Å². The van der Waals surface area contributed by atoms with Crippen LogP contribution in [-0.4, -0.2) is 30.1 Å². The Morgan fingerprint density at radius 2 is 2.17 bits per heavy atom. The standard InChI is InChI=1S/C14H20Cl2N2/c1-3-14(2)10-17-7-8-18(14)9-11-5-4-6-12(15)13(11)16/h4-6,17H,3,7-10H2,1-2H3. The first-order valence-corrected chi connectivity index (χ1v) is 7.21. The van der Waals surface area contributed by atoms with Crippen molar-refractivity contribution in [1.82, 2.24) is 10.2 Å². The molecule has 1 atom stereocenters. The first kappa shape index (κ1) is 14.1. The highest BCUT2D eigenvalue weighted by atomic mass is 35.5. The number of rotatable bonds is 3. The first-order chi connectivity index (χ1) is 8.57. The molecule has 1 N–H and O–H groups in total. The Hall–Kier alpha value is -0.280. The van der Waals surface area contributed by atoms with Gasteiger partial charge in [-0.25, -0.2) is 0 Å². The third-order valence-corrected chi connectivity index (χ3v) is 4.84. The molecule has 0 aromatic heterocycles. The van der Waals surface area contributed by atoms with Crippen molar-refractivity contribution >= 4 is 23.2 Å². The van der Waals surface area contributed by atoms with Gasteiger partial charge in [-0.3, -0.25) is 4.90 Å². The summed E-state index contributed by atoms with van der Waals surface area (Å²) in [5.41, 5.74) is 1.31.